The fourth-order valence-electron chi connectivity index (χ4n) is 1.82. The van der Waals surface area contributed by atoms with Crippen LogP contribution in [-0.4, -0.2) is 24.9 Å². The number of thioether (sulfide) groups is 1. The number of ether oxygens (including phenoxy) is 1. The molecule has 0 aliphatic heterocycles. The molecule has 5 heteroatoms. The first-order valence-corrected chi connectivity index (χ1v) is 7.64. The van der Waals surface area contributed by atoms with Gasteiger partial charge in [0.25, 0.3) is 0 Å². The fourth-order valence-corrected chi connectivity index (χ4v) is 3.20. The minimum atomic E-state index is 0.193. The number of methoxy groups -OCH3 is 1. The molecule has 1 unspecified atom stereocenters. The normalized spacial score (nSPS) is 12.2. The Kier molecular flexibility index (Phi) is 5.71. The van der Waals surface area contributed by atoms with E-state index in [1.807, 2.05) is 43.6 Å². The van der Waals surface area contributed by atoms with Crippen molar-refractivity contribution in [2.45, 2.75) is 10.9 Å². The Balaban J connectivity index is 2.07. The number of pyridine rings is 1. The van der Waals surface area contributed by atoms with Crippen LogP contribution >= 0.6 is 23.4 Å². The summed E-state index contributed by atoms with van der Waals surface area (Å²) < 4.78 is 5.21. The van der Waals surface area contributed by atoms with Crippen LogP contribution in [0.1, 0.15) is 11.6 Å². The third-order valence-corrected chi connectivity index (χ3v) is 4.57. The predicted octanol–water partition coefficient (Wildman–Crippen LogP) is 3.80. The Morgan fingerprint density at radius 2 is 2.15 bits per heavy atom. The fraction of sp³-hybridized carbons (Fsp3) is 0.267. The maximum Gasteiger partial charge on any atom is 0.137 e. The highest BCUT2D eigenvalue weighted by molar-refractivity contribution is 7.99. The van der Waals surface area contributed by atoms with E-state index in [0.29, 0.717) is 0 Å². The van der Waals surface area contributed by atoms with E-state index in [9.17, 15) is 0 Å². The Morgan fingerprint density at radius 3 is 2.85 bits per heavy atom. The van der Waals surface area contributed by atoms with Crippen molar-refractivity contribution in [3.05, 3.63) is 53.3 Å². The highest BCUT2D eigenvalue weighted by atomic mass is 35.5. The maximum atomic E-state index is 6.17. The molecule has 0 aliphatic carbocycles. The van der Waals surface area contributed by atoms with Crippen LogP contribution in [0.15, 0.2) is 47.6 Å². The van der Waals surface area contributed by atoms with Crippen molar-refractivity contribution < 1.29 is 4.74 Å². The maximum absolute atomic E-state index is 6.17. The molecule has 20 heavy (non-hydrogen) atoms. The zero-order valence-corrected chi connectivity index (χ0v) is 13.0. The van der Waals surface area contributed by atoms with Gasteiger partial charge in [0.1, 0.15) is 5.75 Å². The molecule has 1 aromatic carbocycles. The second-order valence-corrected chi connectivity index (χ2v) is 5.71. The summed E-state index contributed by atoms with van der Waals surface area (Å²) in [5.41, 5.74) is 1.10. The van der Waals surface area contributed by atoms with Gasteiger partial charge in [-0.05, 0) is 30.8 Å². The zero-order chi connectivity index (χ0) is 14.4. The molecule has 0 amide bonds. The van der Waals surface area contributed by atoms with Gasteiger partial charge in [-0.2, -0.15) is 0 Å². The third kappa shape index (κ3) is 3.88. The van der Waals surface area contributed by atoms with Crippen molar-refractivity contribution in [1.82, 2.24) is 10.3 Å². The van der Waals surface area contributed by atoms with E-state index in [2.05, 4.69) is 10.3 Å². The summed E-state index contributed by atoms with van der Waals surface area (Å²) in [7, 11) is 3.59. The lowest BCUT2D eigenvalue weighted by Gasteiger charge is -2.17. The third-order valence-electron chi connectivity index (χ3n) is 2.96. The van der Waals surface area contributed by atoms with E-state index in [1.54, 1.807) is 25.1 Å². The molecular formula is C15H17ClN2OS. The highest BCUT2D eigenvalue weighted by Crippen LogP contribution is 2.30. The summed E-state index contributed by atoms with van der Waals surface area (Å²) in [5, 5.41) is 4.09. The van der Waals surface area contributed by atoms with E-state index in [0.717, 1.165) is 27.0 Å². The number of benzene rings is 1. The minimum Gasteiger partial charge on any atom is -0.495 e. The molecular weight excluding hydrogens is 292 g/mol. The van der Waals surface area contributed by atoms with Crippen molar-refractivity contribution in [3.63, 3.8) is 0 Å². The molecule has 0 spiro atoms. The van der Waals surface area contributed by atoms with Gasteiger partial charge < -0.3 is 10.1 Å². The van der Waals surface area contributed by atoms with Crippen molar-refractivity contribution >= 4 is 23.4 Å². The van der Waals surface area contributed by atoms with Gasteiger partial charge in [-0.1, -0.05) is 23.7 Å². The van der Waals surface area contributed by atoms with Crippen molar-refractivity contribution in [2.75, 3.05) is 19.9 Å². The molecule has 3 nitrogen and oxygen atoms in total. The van der Waals surface area contributed by atoms with E-state index < -0.39 is 0 Å². The molecule has 2 aromatic rings. The number of halogens is 1. The Morgan fingerprint density at radius 1 is 1.35 bits per heavy atom. The Hall–Kier alpha value is -1.23. The van der Waals surface area contributed by atoms with E-state index in [1.165, 1.54) is 0 Å². The Labute approximate surface area is 128 Å². The first kappa shape index (κ1) is 15.2. The lowest BCUT2D eigenvalue weighted by atomic mass is 10.1. The quantitative estimate of drug-likeness (QED) is 0.823. The summed E-state index contributed by atoms with van der Waals surface area (Å²) in [6.45, 7) is 0. The smallest absolute Gasteiger partial charge is 0.137 e. The predicted molar refractivity (Wildman–Crippen MR) is 84.8 cm³/mol. The monoisotopic (exact) mass is 308 g/mol. The zero-order valence-electron chi connectivity index (χ0n) is 11.5. The summed E-state index contributed by atoms with van der Waals surface area (Å²) in [4.78, 5) is 5.28. The van der Waals surface area contributed by atoms with E-state index in [4.69, 9.17) is 16.3 Å². The second kappa shape index (κ2) is 7.53. The molecule has 0 saturated heterocycles. The number of hydrogen-bond acceptors (Lipinski definition) is 4. The Bertz CT molecular complexity index is 565. The SMILES string of the molecule is CNC(CSc1ccccc1Cl)c1cncc(OC)c1. The van der Waals surface area contributed by atoms with Crippen molar-refractivity contribution in [3.8, 4) is 5.75 Å². The minimum absolute atomic E-state index is 0.193. The van der Waals surface area contributed by atoms with Gasteiger partial charge in [-0.25, -0.2) is 0 Å². The summed E-state index contributed by atoms with van der Waals surface area (Å²) in [6.07, 6.45) is 3.56. The van der Waals surface area contributed by atoms with Gasteiger partial charge in [0, 0.05) is 22.9 Å². The number of rotatable bonds is 6. The van der Waals surface area contributed by atoms with E-state index in [-0.39, 0.29) is 6.04 Å². The lowest BCUT2D eigenvalue weighted by molar-refractivity contribution is 0.411. The molecule has 0 aliphatic rings. The van der Waals surface area contributed by atoms with Crippen LogP contribution in [0.25, 0.3) is 0 Å². The first-order valence-electron chi connectivity index (χ1n) is 6.28. The van der Waals surface area contributed by atoms with Gasteiger partial charge in [0.2, 0.25) is 0 Å². The largest absolute Gasteiger partial charge is 0.495 e. The average molecular weight is 309 g/mol. The molecule has 1 aromatic heterocycles. The first-order chi connectivity index (χ1) is 9.74. The molecule has 106 valence electrons. The van der Waals surface area contributed by atoms with Crippen molar-refractivity contribution in [2.24, 2.45) is 0 Å². The molecule has 0 radical (unpaired) electrons. The van der Waals surface area contributed by atoms with Gasteiger partial charge in [-0.15, -0.1) is 11.8 Å². The van der Waals surface area contributed by atoms with Gasteiger partial charge >= 0.3 is 0 Å². The molecule has 0 saturated carbocycles. The lowest BCUT2D eigenvalue weighted by Crippen LogP contribution is -2.19. The van der Waals surface area contributed by atoms with Crippen LogP contribution in [-0.2, 0) is 0 Å². The average Bonchev–Trinajstić information content (AvgIpc) is 2.50. The summed E-state index contributed by atoms with van der Waals surface area (Å²) in [5.74, 6) is 1.64. The number of nitrogens with zero attached hydrogens (tertiary/aromatic N) is 1. The highest BCUT2D eigenvalue weighted by Gasteiger charge is 2.12. The van der Waals surface area contributed by atoms with Gasteiger partial charge in [0.05, 0.1) is 18.3 Å². The van der Waals surface area contributed by atoms with Crippen LogP contribution in [0.4, 0.5) is 0 Å². The molecule has 1 N–H and O–H groups in total. The molecule has 0 fully saturated rings. The van der Waals surface area contributed by atoms with Crippen LogP contribution in [0.2, 0.25) is 5.02 Å². The molecule has 2 rings (SSSR count). The van der Waals surface area contributed by atoms with Crippen LogP contribution in [0.5, 0.6) is 5.75 Å². The van der Waals surface area contributed by atoms with Crippen LogP contribution in [0, 0.1) is 0 Å². The molecule has 0 bridgehead atoms. The van der Waals surface area contributed by atoms with Crippen molar-refractivity contribution in [1.29, 1.82) is 0 Å². The summed E-state index contributed by atoms with van der Waals surface area (Å²) >= 11 is 7.90. The van der Waals surface area contributed by atoms with Gasteiger partial charge in [-0.3, -0.25) is 4.98 Å². The topological polar surface area (TPSA) is 34.2 Å². The van der Waals surface area contributed by atoms with Gasteiger partial charge in [0.15, 0.2) is 0 Å². The molecule has 1 heterocycles. The second-order valence-electron chi connectivity index (χ2n) is 4.24. The van der Waals surface area contributed by atoms with Crippen LogP contribution < -0.4 is 10.1 Å². The number of hydrogen-bond donors (Lipinski definition) is 1. The van der Waals surface area contributed by atoms with E-state index >= 15 is 0 Å². The van der Waals surface area contributed by atoms with Crippen LogP contribution in [0.3, 0.4) is 0 Å². The molecule has 1 atom stereocenters. The summed E-state index contributed by atoms with van der Waals surface area (Å²) in [6, 6.07) is 10.1. The number of aromatic nitrogens is 1. The standard InChI is InChI=1S/C15H17ClN2OS/c1-17-14(11-7-12(19-2)9-18-8-11)10-20-15-6-4-3-5-13(15)16/h3-9,14,17H,10H2,1-2H3. The number of nitrogens with one attached hydrogen (secondary N) is 1.